The van der Waals surface area contributed by atoms with Crippen molar-refractivity contribution in [2.75, 3.05) is 17.3 Å². The van der Waals surface area contributed by atoms with Crippen LogP contribution in [-0.4, -0.2) is 33.3 Å². The predicted octanol–water partition coefficient (Wildman–Crippen LogP) is 4.37. The Balaban J connectivity index is 1.44. The Kier molecular flexibility index (Phi) is 4.85. The quantitative estimate of drug-likeness (QED) is 0.846. The zero-order chi connectivity index (χ0) is 17.1. The number of hydrogen-bond acceptors (Lipinski definition) is 5. The molecule has 0 atom stereocenters. The maximum atomic E-state index is 4.70. The van der Waals surface area contributed by atoms with Gasteiger partial charge in [0.1, 0.15) is 5.82 Å². The van der Waals surface area contributed by atoms with E-state index in [1.807, 2.05) is 12.3 Å². The molecule has 134 valence electrons. The zero-order valence-corrected chi connectivity index (χ0v) is 15.0. The van der Waals surface area contributed by atoms with E-state index in [0.29, 0.717) is 12.0 Å². The van der Waals surface area contributed by atoms with Gasteiger partial charge < -0.3 is 10.2 Å². The number of H-pyrrole nitrogens is 1. The van der Waals surface area contributed by atoms with Crippen molar-refractivity contribution in [3.05, 3.63) is 24.0 Å². The summed E-state index contributed by atoms with van der Waals surface area (Å²) in [5, 5.41) is 10.9. The van der Waals surface area contributed by atoms with Crippen molar-refractivity contribution in [2.24, 2.45) is 0 Å². The van der Waals surface area contributed by atoms with Crippen LogP contribution in [0.2, 0.25) is 0 Å². The number of anilines is 3. The number of nitrogens with zero attached hydrogens (tertiary/aromatic N) is 4. The van der Waals surface area contributed by atoms with Gasteiger partial charge in [0.2, 0.25) is 5.95 Å². The molecule has 2 aliphatic carbocycles. The molecule has 2 aromatic rings. The Morgan fingerprint density at radius 1 is 1.04 bits per heavy atom. The summed E-state index contributed by atoms with van der Waals surface area (Å²) in [6.07, 6.45) is 13.5. The Hall–Kier alpha value is -2.11. The molecule has 4 rings (SSSR count). The molecule has 0 bridgehead atoms. The van der Waals surface area contributed by atoms with E-state index in [4.69, 9.17) is 4.98 Å². The third-order valence-electron chi connectivity index (χ3n) is 5.73. The normalized spacial score (nSPS) is 19.2. The summed E-state index contributed by atoms with van der Waals surface area (Å²) >= 11 is 0. The minimum atomic E-state index is 0.559. The second kappa shape index (κ2) is 7.42. The topological polar surface area (TPSA) is 69.7 Å². The van der Waals surface area contributed by atoms with Crippen LogP contribution in [0.4, 0.5) is 17.6 Å². The van der Waals surface area contributed by atoms with Crippen LogP contribution in [0.15, 0.2) is 18.3 Å². The van der Waals surface area contributed by atoms with Crippen LogP contribution in [0, 0.1) is 0 Å². The van der Waals surface area contributed by atoms with Gasteiger partial charge in [-0.2, -0.15) is 10.1 Å². The van der Waals surface area contributed by atoms with Crippen LogP contribution in [0.3, 0.4) is 0 Å². The number of rotatable bonds is 5. The monoisotopic (exact) mass is 340 g/mol. The smallest absolute Gasteiger partial charge is 0.227 e. The molecule has 2 aliphatic rings. The van der Waals surface area contributed by atoms with Crippen LogP contribution < -0.4 is 10.2 Å². The van der Waals surface area contributed by atoms with Gasteiger partial charge in [0.05, 0.1) is 0 Å². The Labute approximate surface area is 149 Å². The fourth-order valence-electron chi connectivity index (χ4n) is 4.20. The first kappa shape index (κ1) is 16.4. The molecule has 0 aromatic carbocycles. The highest BCUT2D eigenvalue weighted by atomic mass is 15.3. The van der Waals surface area contributed by atoms with Gasteiger partial charge >= 0.3 is 0 Å². The summed E-state index contributed by atoms with van der Waals surface area (Å²) in [5.74, 6) is 3.08. The lowest BCUT2D eigenvalue weighted by Gasteiger charge is -2.31. The van der Waals surface area contributed by atoms with E-state index in [9.17, 15) is 0 Å². The second-order valence-electron chi connectivity index (χ2n) is 7.46. The second-order valence-corrected chi connectivity index (χ2v) is 7.46. The average molecular weight is 340 g/mol. The molecule has 6 nitrogen and oxygen atoms in total. The average Bonchev–Trinajstić information content (AvgIpc) is 3.34. The highest BCUT2D eigenvalue weighted by Gasteiger charge is 2.21. The first-order chi connectivity index (χ1) is 12.3. The van der Waals surface area contributed by atoms with Gasteiger partial charge in [-0.1, -0.05) is 32.1 Å². The van der Waals surface area contributed by atoms with Gasteiger partial charge in [-0.15, -0.1) is 0 Å². The summed E-state index contributed by atoms with van der Waals surface area (Å²) < 4.78 is 0. The third-order valence-corrected chi connectivity index (χ3v) is 5.73. The highest BCUT2D eigenvalue weighted by Crippen LogP contribution is 2.34. The lowest BCUT2D eigenvalue weighted by Crippen LogP contribution is -2.34. The van der Waals surface area contributed by atoms with Crippen molar-refractivity contribution in [3.8, 4) is 0 Å². The van der Waals surface area contributed by atoms with E-state index < -0.39 is 0 Å². The van der Waals surface area contributed by atoms with Crippen molar-refractivity contribution in [1.29, 1.82) is 0 Å². The van der Waals surface area contributed by atoms with Gasteiger partial charge in [-0.05, 0) is 31.7 Å². The predicted molar refractivity (Wildman–Crippen MR) is 100 cm³/mol. The molecule has 6 heteroatoms. The molecule has 2 fully saturated rings. The number of aromatic nitrogens is 4. The lowest BCUT2D eigenvalue weighted by atomic mass is 9.95. The molecule has 0 unspecified atom stereocenters. The van der Waals surface area contributed by atoms with Crippen molar-refractivity contribution < 1.29 is 0 Å². The van der Waals surface area contributed by atoms with Crippen LogP contribution >= 0.6 is 0 Å². The molecule has 2 N–H and O–H groups in total. The largest absolute Gasteiger partial charge is 0.341 e. The van der Waals surface area contributed by atoms with E-state index >= 15 is 0 Å². The minimum absolute atomic E-state index is 0.559. The van der Waals surface area contributed by atoms with Crippen LogP contribution in [0.5, 0.6) is 0 Å². The molecule has 0 aliphatic heterocycles. The fraction of sp³-hybridized carbons (Fsp3) is 0.632. The Morgan fingerprint density at radius 2 is 1.80 bits per heavy atom. The van der Waals surface area contributed by atoms with E-state index in [0.717, 1.165) is 17.6 Å². The van der Waals surface area contributed by atoms with E-state index in [2.05, 4.69) is 38.5 Å². The number of nitrogens with one attached hydrogen (secondary N) is 2. The van der Waals surface area contributed by atoms with Crippen molar-refractivity contribution in [3.63, 3.8) is 0 Å². The van der Waals surface area contributed by atoms with Crippen LogP contribution in [0.25, 0.3) is 0 Å². The van der Waals surface area contributed by atoms with E-state index in [-0.39, 0.29) is 0 Å². The van der Waals surface area contributed by atoms with Gasteiger partial charge in [0.25, 0.3) is 0 Å². The first-order valence-corrected chi connectivity index (χ1v) is 9.68. The lowest BCUT2D eigenvalue weighted by molar-refractivity contribution is 0.424. The molecule has 0 amide bonds. The summed E-state index contributed by atoms with van der Waals surface area (Å²) in [7, 11) is 2.11. The van der Waals surface area contributed by atoms with Crippen molar-refractivity contribution >= 4 is 17.6 Å². The molecule has 0 saturated heterocycles. The van der Waals surface area contributed by atoms with Crippen molar-refractivity contribution in [1.82, 2.24) is 20.2 Å². The maximum absolute atomic E-state index is 4.70. The summed E-state index contributed by atoms with van der Waals surface area (Å²) in [6.45, 7) is 0. The van der Waals surface area contributed by atoms with Crippen molar-refractivity contribution in [2.45, 2.75) is 69.7 Å². The molecular formula is C19H28N6. The molecule has 2 heterocycles. The van der Waals surface area contributed by atoms with Gasteiger partial charge in [-0.25, -0.2) is 4.98 Å². The highest BCUT2D eigenvalue weighted by molar-refractivity contribution is 5.53. The molecular weight excluding hydrogens is 312 g/mol. The zero-order valence-electron chi connectivity index (χ0n) is 15.0. The van der Waals surface area contributed by atoms with E-state index in [1.54, 1.807) is 0 Å². The summed E-state index contributed by atoms with van der Waals surface area (Å²) in [6, 6.07) is 4.59. The first-order valence-electron chi connectivity index (χ1n) is 9.68. The van der Waals surface area contributed by atoms with Crippen LogP contribution in [-0.2, 0) is 0 Å². The molecule has 25 heavy (non-hydrogen) atoms. The SMILES string of the molecule is CN(c1nccc(Nc2cc(C3CCCC3)[nH]n2)n1)C1CCCCC1. The Bertz CT molecular complexity index is 685. The standard InChI is InChI=1S/C19H28N6/c1-25(15-9-3-2-4-10-15)19-20-12-11-17(22-19)21-18-13-16(23-24-18)14-7-5-6-8-14/h11-15H,2-10H2,1H3,(H2,20,21,22,23,24). The molecule has 0 spiro atoms. The molecule has 2 aromatic heterocycles. The fourth-order valence-corrected chi connectivity index (χ4v) is 4.20. The van der Waals surface area contributed by atoms with Gasteiger partial charge in [0, 0.05) is 37.0 Å². The Morgan fingerprint density at radius 3 is 2.60 bits per heavy atom. The summed E-state index contributed by atoms with van der Waals surface area (Å²) in [5.41, 5.74) is 1.24. The summed E-state index contributed by atoms with van der Waals surface area (Å²) in [4.78, 5) is 11.4. The van der Waals surface area contributed by atoms with Gasteiger partial charge in [0.15, 0.2) is 5.82 Å². The molecule has 2 saturated carbocycles. The third kappa shape index (κ3) is 3.78. The molecule has 0 radical (unpaired) electrons. The minimum Gasteiger partial charge on any atom is -0.341 e. The maximum Gasteiger partial charge on any atom is 0.227 e. The number of hydrogen-bond donors (Lipinski definition) is 2. The van der Waals surface area contributed by atoms with E-state index in [1.165, 1.54) is 63.5 Å². The van der Waals surface area contributed by atoms with Gasteiger partial charge in [-0.3, -0.25) is 5.10 Å². The number of aromatic amines is 1. The van der Waals surface area contributed by atoms with Crippen LogP contribution in [0.1, 0.15) is 69.4 Å².